The minimum atomic E-state index is -0.877. The van der Waals surface area contributed by atoms with Crippen molar-refractivity contribution in [2.24, 2.45) is 17.1 Å². The number of benzene rings is 1. The Morgan fingerprint density at radius 3 is 2.35 bits per heavy atom. The molecule has 202 valence electrons. The number of carbonyl (C=O) groups is 2. The van der Waals surface area contributed by atoms with Crippen molar-refractivity contribution in [3.63, 3.8) is 0 Å². The molecular weight excluding hydrogens is 477 g/mol. The average molecular weight is 516 g/mol. The first-order valence-electron chi connectivity index (χ1n) is 12.5. The molecule has 37 heavy (non-hydrogen) atoms. The Bertz CT molecular complexity index is 1190. The molecular formula is C28H38FN3O5. The maximum absolute atomic E-state index is 15.7. The number of rotatable bonds is 9. The molecule has 1 unspecified atom stereocenters. The second-order valence-corrected chi connectivity index (χ2v) is 10.8. The van der Waals surface area contributed by atoms with Crippen LogP contribution in [0.2, 0.25) is 0 Å². The van der Waals surface area contributed by atoms with Crippen LogP contribution >= 0.6 is 0 Å². The lowest BCUT2D eigenvalue weighted by Crippen LogP contribution is -2.43. The summed E-state index contributed by atoms with van der Waals surface area (Å²) in [6.07, 6.45) is 1.87. The number of primary amides is 1. The van der Waals surface area contributed by atoms with Crippen LogP contribution in [0.3, 0.4) is 0 Å². The standard InChI is InChI=1S/C28H38FN3O5/c1-9-36-20-13-17-21(22(29)24(20)37-10-2)25(30)32(28(17,6)7)14-19(33)15-11-16(26(31)34)23(35-8)18(12-15)27(3,4)5/h12-13,16,30H,9-11,14H2,1-8H3,(H2,31,34). The molecule has 9 heteroatoms. The second-order valence-electron chi connectivity index (χ2n) is 10.8. The molecule has 0 saturated heterocycles. The summed E-state index contributed by atoms with van der Waals surface area (Å²) in [6, 6.07) is 1.69. The van der Waals surface area contributed by atoms with Crippen molar-refractivity contribution in [3.8, 4) is 11.5 Å². The fourth-order valence-corrected chi connectivity index (χ4v) is 5.01. The number of methoxy groups -OCH3 is 1. The third kappa shape index (κ3) is 4.95. The number of allylic oxidation sites excluding steroid dienone is 2. The fourth-order valence-electron chi connectivity index (χ4n) is 5.01. The molecule has 0 radical (unpaired) electrons. The third-order valence-corrected chi connectivity index (χ3v) is 6.97. The lowest BCUT2D eigenvalue weighted by Gasteiger charge is -2.35. The van der Waals surface area contributed by atoms with Gasteiger partial charge in [-0.3, -0.25) is 15.0 Å². The number of Topliss-reactive ketones (excluding diaryl/α,β-unsaturated/α-hetero) is 1. The van der Waals surface area contributed by atoms with E-state index in [-0.39, 0.29) is 48.3 Å². The van der Waals surface area contributed by atoms with Gasteiger partial charge in [-0.1, -0.05) is 20.8 Å². The number of amides is 1. The molecule has 3 rings (SSSR count). The van der Waals surface area contributed by atoms with Crippen LogP contribution in [0.1, 0.15) is 66.0 Å². The summed E-state index contributed by atoms with van der Waals surface area (Å²) in [5, 5.41) is 8.82. The van der Waals surface area contributed by atoms with Crippen LogP contribution in [-0.2, 0) is 19.9 Å². The molecule has 1 aliphatic heterocycles. The molecule has 2 aliphatic rings. The van der Waals surface area contributed by atoms with Crippen molar-refractivity contribution in [2.75, 3.05) is 26.9 Å². The second kappa shape index (κ2) is 10.2. The third-order valence-electron chi connectivity index (χ3n) is 6.97. The van der Waals surface area contributed by atoms with E-state index < -0.39 is 28.6 Å². The zero-order chi connectivity index (χ0) is 27.9. The minimum Gasteiger partial charge on any atom is -0.500 e. The smallest absolute Gasteiger partial charge is 0.228 e. The highest BCUT2D eigenvalue weighted by Gasteiger charge is 2.46. The van der Waals surface area contributed by atoms with Crippen LogP contribution < -0.4 is 15.2 Å². The summed E-state index contributed by atoms with van der Waals surface area (Å²) in [4.78, 5) is 27.5. The first kappa shape index (κ1) is 28.2. The van der Waals surface area contributed by atoms with Gasteiger partial charge in [-0.2, -0.15) is 0 Å². The highest BCUT2D eigenvalue weighted by molar-refractivity contribution is 6.07. The van der Waals surface area contributed by atoms with E-state index in [0.717, 1.165) is 5.57 Å². The summed E-state index contributed by atoms with van der Waals surface area (Å²) < 4.78 is 32.4. The van der Waals surface area contributed by atoms with Gasteiger partial charge in [0.05, 0.1) is 43.9 Å². The van der Waals surface area contributed by atoms with E-state index >= 15 is 4.39 Å². The first-order valence-corrected chi connectivity index (χ1v) is 12.5. The van der Waals surface area contributed by atoms with Gasteiger partial charge in [0, 0.05) is 0 Å². The Morgan fingerprint density at radius 1 is 1.22 bits per heavy atom. The van der Waals surface area contributed by atoms with Gasteiger partial charge in [-0.15, -0.1) is 0 Å². The molecule has 1 aromatic rings. The highest BCUT2D eigenvalue weighted by atomic mass is 19.1. The highest BCUT2D eigenvalue weighted by Crippen LogP contribution is 2.46. The largest absolute Gasteiger partial charge is 0.500 e. The quantitative estimate of drug-likeness (QED) is 0.502. The summed E-state index contributed by atoms with van der Waals surface area (Å²) in [5.41, 5.74) is 6.17. The van der Waals surface area contributed by atoms with E-state index in [4.69, 9.17) is 25.4 Å². The Balaban J connectivity index is 2.03. The zero-order valence-corrected chi connectivity index (χ0v) is 23.0. The molecule has 0 saturated carbocycles. The Hall–Kier alpha value is -3.36. The van der Waals surface area contributed by atoms with Gasteiger partial charge in [0.2, 0.25) is 5.91 Å². The predicted octanol–water partition coefficient (Wildman–Crippen LogP) is 4.45. The predicted molar refractivity (Wildman–Crippen MR) is 139 cm³/mol. The van der Waals surface area contributed by atoms with Gasteiger partial charge in [0.1, 0.15) is 11.6 Å². The van der Waals surface area contributed by atoms with E-state index in [1.54, 1.807) is 30.9 Å². The van der Waals surface area contributed by atoms with E-state index in [9.17, 15) is 9.59 Å². The van der Waals surface area contributed by atoms with Gasteiger partial charge < -0.3 is 24.8 Å². The average Bonchev–Trinajstić information content (AvgIpc) is 3.00. The van der Waals surface area contributed by atoms with E-state index in [1.165, 1.54) is 7.11 Å². The zero-order valence-electron chi connectivity index (χ0n) is 23.0. The molecule has 8 nitrogen and oxygen atoms in total. The maximum Gasteiger partial charge on any atom is 0.228 e. The summed E-state index contributed by atoms with van der Waals surface area (Å²) in [6.45, 7) is 13.5. The lowest BCUT2D eigenvalue weighted by molar-refractivity contribution is -0.122. The van der Waals surface area contributed by atoms with Crippen molar-refractivity contribution in [1.82, 2.24) is 4.90 Å². The minimum absolute atomic E-state index is 0.0387. The van der Waals surface area contributed by atoms with Crippen LogP contribution in [0.15, 0.2) is 29.0 Å². The first-order chi connectivity index (χ1) is 17.2. The SMILES string of the molecule is CCOc1cc2c(c(F)c1OCC)C(=N)N(CC(=O)C1=CC(C(C)(C)C)=C(OC)C(C(N)=O)C1)C2(C)C. The van der Waals surface area contributed by atoms with Crippen molar-refractivity contribution >= 4 is 17.5 Å². The number of carbonyl (C=O) groups excluding carboxylic acids is 2. The van der Waals surface area contributed by atoms with Crippen LogP contribution in [0, 0.1) is 22.6 Å². The number of hydrogen-bond acceptors (Lipinski definition) is 6. The van der Waals surface area contributed by atoms with E-state index in [0.29, 0.717) is 23.5 Å². The summed E-state index contributed by atoms with van der Waals surface area (Å²) in [7, 11) is 1.49. The normalized spacial score (nSPS) is 18.9. The van der Waals surface area contributed by atoms with Gasteiger partial charge in [-0.05, 0) is 68.4 Å². The van der Waals surface area contributed by atoms with Gasteiger partial charge in [-0.25, -0.2) is 4.39 Å². The number of nitrogens with one attached hydrogen (secondary N) is 1. The molecule has 0 fully saturated rings. The van der Waals surface area contributed by atoms with Crippen molar-refractivity contribution in [3.05, 3.63) is 46.0 Å². The van der Waals surface area contributed by atoms with Crippen molar-refractivity contribution in [2.45, 2.75) is 60.4 Å². The molecule has 1 amide bonds. The van der Waals surface area contributed by atoms with E-state index in [1.807, 2.05) is 34.6 Å². The number of amidine groups is 1. The molecule has 1 aliphatic carbocycles. The van der Waals surface area contributed by atoms with Gasteiger partial charge >= 0.3 is 0 Å². The number of ketones is 1. The lowest BCUT2D eigenvalue weighted by atomic mass is 9.76. The molecule has 1 aromatic carbocycles. The van der Waals surface area contributed by atoms with Gasteiger partial charge in [0.25, 0.3) is 0 Å². The summed E-state index contributed by atoms with van der Waals surface area (Å²) in [5.74, 6) is -1.72. The van der Waals surface area contributed by atoms with Crippen LogP contribution in [0.4, 0.5) is 4.39 Å². The molecule has 1 heterocycles. The number of ether oxygens (including phenoxy) is 3. The number of halogens is 1. The molecule has 1 atom stereocenters. The number of nitrogens with two attached hydrogens (primary N) is 1. The van der Waals surface area contributed by atoms with Crippen LogP contribution in [0.5, 0.6) is 11.5 Å². The fraction of sp³-hybridized carbons (Fsp3) is 0.536. The molecule has 3 N–H and O–H groups in total. The maximum atomic E-state index is 15.7. The van der Waals surface area contributed by atoms with E-state index in [2.05, 4.69) is 0 Å². The van der Waals surface area contributed by atoms with Crippen molar-refractivity contribution < 1.29 is 28.2 Å². The Kier molecular flexibility index (Phi) is 7.77. The van der Waals surface area contributed by atoms with Crippen LogP contribution in [-0.4, -0.2) is 49.3 Å². The number of hydrogen-bond donors (Lipinski definition) is 2. The molecule has 0 spiro atoms. The monoisotopic (exact) mass is 515 g/mol. The topological polar surface area (TPSA) is 115 Å². The van der Waals surface area contributed by atoms with Gasteiger partial charge in [0.15, 0.2) is 23.1 Å². The van der Waals surface area contributed by atoms with Crippen molar-refractivity contribution in [1.29, 1.82) is 5.41 Å². The number of fused-ring (bicyclic) bond motifs is 1. The van der Waals surface area contributed by atoms with Crippen LogP contribution in [0.25, 0.3) is 0 Å². The Morgan fingerprint density at radius 2 is 1.84 bits per heavy atom. The molecule has 0 bridgehead atoms. The molecule has 0 aromatic heterocycles. The number of nitrogens with zero attached hydrogens (tertiary/aromatic N) is 1. The summed E-state index contributed by atoms with van der Waals surface area (Å²) >= 11 is 0. The Labute approximate surface area is 218 Å².